The highest BCUT2D eigenvalue weighted by atomic mass is 35.5. The normalized spacial score (nSPS) is 10.2. The van der Waals surface area contributed by atoms with Gasteiger partial charge in [-0.05, 0) is 38.8 Å². The third-order valence-electron chi connectivity index (χ3n) is 2.30. The lowest BCUT2D eigenvalue weighted by Gasteiger charge is -2.10. The number of alkyl halides is 1. The van der Waals surface area contributed by atoms with Gasteiger partial charge in [0.05, 0.1) is 12.2 Å². The fourth-order valence-corrected chi connectivity index (χ4v) is 1.61. The maximum atomic E-state index is 11.4. The Hall–Kier alpha value is -1.02. The Kier molecular flexibility index (Phi) is 5.33. The average molecular weight is 241 g/mol. The van der Waals surface area contributed by atoms with Crippen LogP contribution >= 0.6 is 11.6 Å². The lowest BCUT2D eigenvalue weighted by molar-refractivity contribution is 0.101. The highest BCUT2D eigenvalue weighted by Gasteiger charge is 2.08. The van der Waals surface area contributed by atoms with Gasteiger partial charge >= 0.3 is 0 Å². The molecule has 1 rings (SSSR count). The number of benzene rings is 1. The Balaban J connectivity index is 2.67. The minimum Gasteiger partial charge on any atom is -0.493 e. The number of halogens is 1. The molecule has 0 spiro atoms. The Bertz CT molecular complexity index is 361. The van der Waals surface area contributed by atoms with Crippen molar-refractivity contribution in [1.82, 2.24) is 0 Å². The van der Waals surface area contributed by atoms with Crippen molar-refractivity contribution >= 4 is 17.4 Å². The van der Waals surface area contributed by atoms with E-state index in [-0.39, 0.29) is 5.78 Å². The van der Waals surface area contributed by atoms with Crippen molar-refractivity contribution in [3.8, 4) is 5.75 Å². The molecule has 0 bridgehead atoms. The minimum absolute atomic E-state index is 0.0380. The number of hydrogen-bond acceptors (Lipinski definition) is 2. The molecule has 0 aliphatic carbocycles. The topological polar surface area (TPSA) is 26.3 Å². The van der Waals surface area contributed by atoms with E-state index in [4.69, 9.17) is 16.3 Å². The molecule has 1 aromatic carbocycles. The second kappa shape index (κ2) is 6.54. The quantitative estimate of drug-likeness (QED) is 0.432. The summed E-state index contributed by atoms with van der Waals surface area (Å²) >= 11 is 5.58. The zero-order valence-electron chi connectivity index (χ0n) is 9.75. The molecule has 0 radical (unpaired) electrons. The van der Waals surface area contributed by atoms with E-state index in [9.17, 15) is 4.79 Å². The van der Waals surface area contributed by atoms with Crippen molar-refractivity contribution in [1.29, 1.82) is 0 Å². The molecule has 2 nitrogen and oxygen atoms in total. The molecule has 0 aliphatic rings. The average Bonchev–Trinajstić information content (AvgIpc) is 2.26. The molecule has 16 heavy (non-hydrogen) atoms. The molecule has 0 atom stereocenters. The van der Waals surface area contributed by atoms with Crippen molar-refractivity contribution in [2.75, 3.05) is 12.5 Å². The number of carbonyl (C=O) groups is 1. The number of rotatable bonds is 6. The van der Waals surface area contributed by atoms with Gasteiger partial charge in [0.1, 0.15) is 5.75 Å². The number of ketones is 1. The molecule has 3 heteroatoms. The maximum absolute atomic E-state index is 11.4. The molecule has 0 aliphatic heterocycles. The highest BCUT2D eigenvalue weighted by Crippen LogP contribution is 2.20. The van der Waals surface area contributed by atoms with E-state index in [2.05, 4.69) is 0 Å². The molecule has 0 amide bonds. The van der Waals surface area contributed by atoms with Crippen LogP contribution in [0.2, 0.25) is 0 Å². The summed E-state index contributed by atoms with van der Waals surface area (Å²) in [7, 11) is 0. The summed E-state index contributed by atoms with van der Waals surface area (Å²) in [6, 6.07) is 5.66. The van der Waals surface area contributed by atoms with Crippen molar-refractivity contribution in [3.05, 3.63) is 29.3 Å². The SMILES string of the molecule is CC(=O)c1cc(C)ccc1OCCCCCl. The van der Waals surface area contributed by atoms with Gasteiger partial charge in [0.25, 0.3) is 0 Å². The molecule has 0 N–H and O–H groups in total. The van der Waals surface area contributed by atoms with Crippen LogP contribution in [-0.4, -0.2) is 18.3 Å². The summed E-state index contributed by atoms with van der Waals surface area (Å²) < 4.78 is 5.58. The van der Waals surface area contributed by atoms with E-state index in [1.54, 1.807) is 6.92 Å². The van der Waals surface area contributed by atoms with Gasteiger partial charge in [-0.3, -0.25) is 4.79 Å². The standard InChI is InChI=1S/C13H17ClO2/c1-10-5-6-13(12(9-10)11(2)15)16-8-4-3-7-14/h5-6,9H,3-4,7-8H2,1-2H3. The first-order chi connectivity index (χ1) is 7.65. The predicted octanol–water partition coefficient (Wildman–Crippen LogP) is 3.60. The Morgan fingerprint density at radius 3 is 2.75 bits per heavy atom. The molecule has 0 saturated heterocycles. The molecule has 0 unspecified atom stereocenters. The van der Waals surface area contributed by atoms with Crippen molar-refractivity contribution in [2.45, 2.75) is 26.7 Å². The van der Waals surface area contributed by atoms with E-state index < -0.39 is 0 Å². The van der Waals surface area contributed by atoms with Crippen LogP contribution in [0.1, 0.15) is 35.7 Å². The first-order valence-electron chi connectivity index (χ1n) is 5.45. The van der Waals surface area contributed by atoms with E-state index in [0.717, 1.165) is 18.4 Å². The maximum Gasteiger partial charge on any atom is 0.163 e. The van der Waals surface area contributed by atoms with Gasteiger partial charge in [0, 0.05) is 5.88 Å². The number of hydrogen-bond donors (Lipinski definition) is 0. The number of unbranched alkanes of at least 4 members (excludes halogenated alkanes) is 1. The zero-order valence-corrected chi connectivity index (χ0v) is 10.5. The van der Waals surface area contributed by atoms with Crippen molar-refractivity contribution in [3.63, 3.8) is 0 Å². The van der Waals surface area contributed by atoms with Gasteiger partial charge in [0.15, 0.2) is 5.78 Å². The smallest absolute Gasteiger partial charge is 0.163 e. The summed E-state index contributed by atoms with van der Waals surface area (Å²) in [5.41, 5.74) is 1.73. The van der Waals surface area contributed by atoms with Crippen LogP contribution in [0.25, 0.3) is 0 Å². The fourth-order valence-electron chi connectivity index (χ4n) is 1.42. The first-order valence-corrected chi connectivity index (χ1v) is 5.99. The molecule has 88 valence electrons. The third kappa shape index (κ3) is 3.86. The summed E-state index contributed by atoms with van der Waals surface area (Å²) in [6.07, 6.45) is 1.84. The van der Waals surface area contributed by atoms with Crippen LogP contribution in [-0.2, 0) is 0 Å². The van der Waals surface area contributed by atoms with Crippen LogP contribution in [0.5, 0.6) is 5.75 Å². The second-order valence-corrected chi connectivity index (χ2v) is 4.18. The minimum atomic E-state index is 0.0380. The number of carbonyl (C=O) groups excluding carboxylic acids is 1. The lowest BCUT2D eigenvalue weighted by Crippen LogP contribution is -2.03. The lowest BCUT2D eigenvalue weighted by atomic mass is 10.1. The van der Waals surface area contributed by atoms with E-state index in [1.165, 1.54) is 0 Å². The molecule has 0 heterocycles. The fraction of sp³-hybridized carbons (Fsp3) is 0.462. The van der Waals surface area contributed by atoms with Crippen LogP contribution in [0, 0.1) is 6.92 Å². The molecule has 0 aromatic heterocycles. The van der Waals surface area contributed by atoms with Crippen molar-refractivity contribution in [2.24, 2.45) is 0 Å². The van der Waals surface area contributed by atoms with Crippen LogP contribution in [0.4, 0.5) is 0 Å². The molecule has 0 saturated carbocycles. The number of Topliss-reactive ketones (excluding diaryl/α,β-unsaturated/α-hetero) is 1. The van der Waals surface area contributed by atoms with E-state index in [0.29, 0.717) is 23.8 Å². The van der Waals surface area contributed by atoms with Crippen LogP contribution in [0.3, 0.4) is 0 Å². The predicted molar refractivity (Wildman–Crippen MR) is 66.6 cm³/mol. The molecular weight excluding hydrogens is 224 g/mol. The first kappa shape index (κ1) is 13.0. The summed E-state index contributed by atoms with van der Waals surface area (Å²) in [5.74, 6) is 1.36. The van der Waals surface area contributed by atoms with E-state index >= 15 is 0 Å². The van der Waals surface area contributed by atoms with Gasteiger partial charge in [-0.2, -0.15) is 0 Å². The van der Waals surface area contributed by atoms with Crippen LogP contribution < -0.4 is 4.74 Å². The summed E-state index contributed by atoms with van der Waals surface area (Å²) in [5, 5.41) is 0. The highest BCUT2D eigenvalue weighted by molar-refractivity contribution is 6.17. The zero-order chi connectivity index (χ0) is 12.0. The van der Waals surface area contributed by atoms with Gasteiger partial charge in [-0.25, -0.2) is 0 Å². The molecular formula is C13H17ClO2. The Morgan fingerprint density at radius 2 is 2.12 bits per heavy atom. The summed E-state index contributed by atoms with van der Waals surface area (Å²) in [6.45, 7) is 4.13. The Morgan fingerprint density at radius 1 is 1.38 bits per heavy atom. The number of ether oxygens (including phenoxy) is 1. The Labute approximate surface area is 102 Å². The van der Waals surface area contributed by atoms with Gasteiger partial charge in [0.2, 0.25) is 0 Å². The molecule has 1 aromatic rings. The second-order valence-electron chi connectivity index (χ2n) is 3.80. The monoisotopic (exact) mass is 240 g/mol. The number of aryl methyl sites for hydroxylation is 1. The third-order valence-corrected chi connectivity index (χ3v) is 2.57. The van der Waals surface area contributed by atoms with E-state index in [1.807, 2.05) is 25.1 Å². The van der Waals surface area contributed by atoms with Gasteiger partial charge in [-0.1, -0.05) is 11.6 Å². The molecule has 0 fully saturated rings. The van der Waals surface area contributed by atoms with Crippen LogP contribution in [0.15, 0.2) is 18.2 Å². The largest absolute Gasteiger partial charge is 0.493 e. The van der Waals surface area contributed by atoms with Gasteiger partial charge < -0.3 is 4.74 Å². The van der Waals surface area contributed by atoms with Gasteiger partial charge in [-0.15, -0.1) is 11.6 Å². The van der Waals surface area contributed by atoms with Crippen molar-refractivity contribution < 1.29 is 9.53 Å². The summed E-state index contributed by atoms with van der Waals surface area (Å²) in [4.78, 5) is 11.4.